The second-order valence-corrected chi connectivity index (χ2v) is 6.20. The van der Waals surface area contributed by atoms with Gasteiger partial charge in [0.15, 0.2) is 0 Å². The largest absolute Gasteiger partial charge is 0.313 e. The predicted octanol–water partition coefficient (Wildman–Crippen LogP) is 4.31. The van der Waals surface area contributed by atoms with Gasteiger partial charge in [0.2, 0.25) is 0 Å². The molecule has 1 heterocycles. The van der Waals surface area contributed by atoms with E-state index in [-0.39, 0.29) is 12.4 Å². The Kier molecular flexibility index (Phi) is 4.92. The summed E-state index contributed by atoms with van der Waals surface area (Å²) >= 11 is 0. The average Bonchev–Trinajstić information content (AvgIpc) is 2.84. The number of halogens is 1. The second-order valence-electron chi connectivity index (χ2n) is 6.20. The van der Waals surface area contributed by atoms with E-state index in [0.29, 0.717) is 11.5 Å². The first kappa shape index (κ1) is 14.9. The van der Waals surface area contributed by atoms with Crippen molar-refractivity contribution in [2.75, 3.05) is 6.54 Å². The van der Waals surface area contributed by atoms with E-state index in [9.17, 15) is 0 Å². The van der Waals surface area contributed by atoms with Crippen LogP contribution < -0.4 is 5.32 Å². The summed E-state index contributed by atoms with van der Waals surface area (Å²) in [6.45, 7) is 3.68. The van der Waals surface area contributed by atoms with Crippen LogP contribution >= 0.6 is 12.4 Å². The van der Waals surface area contributed by atoms with Crippen molar-refractivity contribution in [3.63, 3.8) is 0 Å². The van der Waals surface area contributed by atoms with Crippen LogP contribution in [-0.2, 0) is 5.41 Å². The Hall–Kier alpha value is -0.530. The normalized spacial score (nSPS) is 34.8. The summed E-state index contributed by atoms with van der Waals surface area (Å²) in [5.41, 5.74) is 1.98. The van der Waals surface area contributed by atoms with Gasteiger partial charge in [0.05, 0.1) is 0 Å². The lowest BCUT2D eigenvalue weighted by atomic mass is 9.65. The van der Waals surface area contributed by atoms with Crippen molar-refractivity contribution in [1.82, 2.24) is 5.32 Å². The molecule has 1 aromatic carbocycles. The van der Waals surface area contributed by atoms with Crippen molar-refractivity contribution in [1.29, 1.82) is 0 Å². The Morgan fingerprint density at radius 1 is 1.05 bits per heavy atom. The molecule has 1 aliphatic carbocycles. The highest BCUT2D eigenvalue weighted by Crippen LogP contribution is 2.49. The quantitative estimate of drug-likeness (QED) is 0.851. The van der Waals surface area contributed by atoms with Gasteiger partial charge in [-0.3, -0.25) is 0 Å². The zero-order chi connectivity index (χ0) is 12.4. The maximum atomic E-state index is 3.83. The van der Waals surface area contributed by atoms with Crippen LogP contribution in [0.15, 0.2) is 30.3 Å². The van der Waals surface area contributed by atoms with Gasteiger partial charge >= 0.3 is 0 Å². The van der Waals surface area contributed by atoms with Crippen LogP contribution in [-0.4, -0.2) is 12.6 Å². The van der Waals surface area contributed by atoms with Gasteiger partial charge in [-0.05, 0) is 43.7 Å². The molecular weight excluding hydrogens is 254 g/mol. The van der Waals surface area contributed by atoms with Gasteiger partial charge in [-0.15, -0.1) is 12.4 Å². The summed E-state index contributed by atoms with van der Waals surface area (Å²) in [7, 11) is 0. The number of hydrogen-bond donors (Lipinski definition) is 1. The van der Waals surface area contributed by atoms with Crippen LogP contribution in [0, 0.1) is 5.92 Å². The molecule has 0 radical (unpaired) electrons. The van der Waals surface area contributed by atoms with Crippen molar-refractivity contribution >= 4 is 12.4 Å². The van der Waals surface area contributed by atoms with E-state index in [1.165, 1.54) is 45.1 Å². The topological polar surface area (TPSA) is 12.0 Å². The zero-order valence-corrected chi connectivity index (χ0v) is 12.7. The maximum Gasteiger partial charge on any atom is 0.0167 e. The molecule has 2 aliphatic rings. The molecule has 1 saturated carbocycles. The average molecular weight is 280 g/mol. The van der Waals surface area contributed by atoms with Crippen LogP contribution in [0.3, 0.4) is 0 Å². The van der Waals surface area contributed by atoms with E-state index in [0.717, 1.165) is 5.92 Å². The molecule has 2 fully saturated rings. The number of hydrogen-bond acceptors (Lipinski definition) is 1. The van der Waals surface area contributed by atoms with E-state index in [1.807, 2.05) is 0 Å². The number of rotatable bonds is 2. The number of nitrogens with one attached hydrogen (secondary N) is 1. The Morgan fingerprint density at radius 2 is 1.84 bits per heavy atom. The van der Waals surface area contributed by atoms with Crippen LogP contribution in [0.1, 0.15) is 51.0 Å². The molecule has 0 bridgehead atoms. The molecule has 1 aliphatic heterocycles. The molecule has 3 unspecified atom stereocenters. The SMILES string of the molecule is CC1CCCC1(c1ccccc1)C1CCCCN1.Cl. The fourth-order valence-corrected chi connectivity index (χ4v) is 4.39. The highest BCUT2D eigenvalue weighted by molar-refractivity contribution is 5.85. The van der Waals surface area contributed by atoms with Crippen molar-refractivity contribution < 1.29 is 0 Å². The molecule has 0 aromatic heterocycles. The lowest BCUT2D eigenvalue weighted by molar-refractivity contribution is 0.202. The van der Waals surface area contributed by atoms with Gasteiger partial charge < -0.3 is 5.32 Å². The predicted molar refractivity (Wildman–Crippen MR) is 84.0 cm³/mol. The van der Waals surface area contributed by atoms with Crippen LogP contribution in [0.25, 0.3) is 0 Å². The van der Waals surface area contributed by atoms with Gasteiger partial charge in [0.1, 0.15) is 0 Å². The summed E-state index contributed by atoms with van der Waals surface area (Å²) < 4.78 is 0. The first-order valence-electron chi connectivity index (χ1n) is 7.63. The van der Waals surface area contributed by atoms with E-state index in [2.05, 4.69) is 42.6 Å². The molecule has 1 N–H and O–H groups in total. The first-order valence-corrected chi connectivity index (χ1v) is 7.63. The second kappa shape index (κ2) is 6.28. The molecule has 3 rings (SSSR count). The van der Waals surface area contributed by atoms with Gasteiger partial charge in [0, 0.05) is 11.5 Å². The fourth-order valence-electron chi connectivity index (χ4n) is 4.39. The van der Waals surface area contributed by atoms with E-state index >= 15 is 0 Å². The lowest BCUT2D eigenvalue weighted by Gasteiger charge is -2.44. The fraction of sp³-hybridized carbons (Fsp3) is 0.647. The summed E-state index contributed by atoms with van der Waals surface area (Å²) in [6.07, 6.45) is 8.28. The Morgan fingerprint density at radius 3 is 2.42 bits per heavy atom. The zero-order valence-electron chi connectivity index (χ0n) is 11.9. The highest BCUT2D eigenvalue weighted by atomic mass is 35.5. The monoisotopic (exact) mass is 279 g/mol. The van der Waals surface area contributed by atoms with Crippen LogP contribution in [0.2, 0.25) is 0 Å². The van der Waals surface area contributed by atoms with Crippen molar-refractivity contribution in [3.8, 4) is 0 Å². The van der Waals surface area contributed by atoms with Crippen LogP contribution in [0.5, 0.6) is 0 Å². The smallest absolute Gasteiger partial charge is 0.0167 e. The third kappa shape index (κ3) is 2.55. The first-order chi connectivity index (χ1) is 8.84. The summed E-state index contributed by atoms with van der Waals surface area (Å²) in [6, 6.07) is 12.0. The Balaban J connectivity index is 0.00000133. The number of piperidine rings is 1. The maximum absolute atomic E-state index is 3.83. The van der Waals surface area contributed by atoms with Crippen molar-refractivity contribution in [3.05, 3.63) is 35.9 Å². The highest BCUT2D eigenvalue weighted by Gasteiger charge is 2.47. The molecule has 2 heteroatoms. The van der Waals surface area contributed by atoms with Crippen molar-refractivity contribution in [2.24, 2.45) is 5.92 Å². The molecule has 0 spiro atoms. The van der Waals surface area contributed by atoms with Gasteiger partial charge in [-0.1, -0.05) is 50.1 Å². The Bertz CT molecular complexity index is 386. The molecule has 1 aromatic rings. The summed E-state index contributed by atoms with van der Waals surface area (Å²) in [4.78, 5) is 0. The standard InChI is InChI=1S/C17H25N.ClH/c1-14-8-7-12-17(14,15-9-3-2-4-10-15)16-11-5-6-13-18-16;/h2-4,9-10,14,16,18H,5-8,11-13H2,1H3;1H. The minimum Gasteiger partial charge on any atom is -0.313 e. The lowest BCUT2D eigenvalue weighted by Crippen LogP contribution is -2.52. The molecule has 19 heavy (non-hydrogen) atoms. The van der Waals surface area contributed by atoms with E-state index in [4.69, 9.17) is 0 Å². The van der Waals surface area contributed by atoms with Crippen LogP contribution in [0.4, 0.5) is 0 Å². The summed E-state index contributed by atoms with van der Waals surface area (Å²) in [5.74, 6) is 0.815. The van der Waals surface area contributed by atoms with Gasteiger partial charge in [-0.25, -0.2) is 0 Å². The molecule has 1 nitrogen and oxygen atoms in total. The molecule has 0 amide bonds. The van der Waals surface area contributed by atoms with E-state index < -0.39 is 0 Å². The third-order valence-corrected chi connectivity index (χ3v) is 5.35. The summed E-state index contributed by atoms with van der Waals surface area (Å²) in [5, 5.41) is 3.83. The molecule has 1 saturated heterocycles. The van der Waals surface area contributed by atoms with E-state index in [1.54, 1.807) is 5.56 Å². The minimum absolute atomic E-state index is 0. The minimum atomic E-state index is 0. The Labute approximate surface area is 123 Å². The molecule has 3 atom stereocenters. The third-order valence-electron chi connectivity index (χ3n) is 5.35. The molecule has 106 valence electrons. The molecular formula is C17H26ClN. The van der Waals surface area contributed by atoms with Gasteiger partial charge in [0.25, 0.3) is 0 Å². The van der Waals surface area contributed by atoms with Crippen molar-refractivity contribution in [2.45, 2.75) is 56.9 Å². The number of benzene rings is 1. The van der Waals surface area contributed by atoms with Gasteiger partial charge in [-0.2, -0.15) is 0 Å².